The van der Waals surface area contributed by atoms with Gasteiger partial charge in [-0.25, -0.2) is 4.18 Å². The standard InChI is InChI=1S/C27H46O4S.H2O4S/c1-18(2)7-6-8-19(3)23-11-12-24-22-10-9-20-17-21(31-32(28,29)30)13-15-26(20,4)25(22)14-16-27(23,24)5;1-5(2,3)4/h9,18-19,21-25H,6-8,10-17H2,1-5H3,(H,28,29,30);(H2,1,2,3,4)/t19-,21+,22+,23-,24+,25+,26+,27-;/m1./s1. The van der Waals surface area contributed by atoms with Crippen LogP contribution in [0.3, 0.4) is 0 Å². The Bertz CT molecular complexity index is 1030. The normalized spacial score (nSPS) is 38.5. The third kappa shape index (κ3) is 7.57. The second-order valence-electron chi connectivity index (χ2n) is 13.1. The van der Waals surface area contributed by atoms with Crippen molar-refractivity contribution in [2.75, 3.05) is 0 Å². The van der Waals surface area contributed by atoms with Gasteiger partial charge < -0.3 is 0 Å². The minimum absolute atomic E-state index is 0.171. The van der Waals surface area contributed by atoms with Gasteiger partial charge >= 0.3 is 20.8 Å². The molecule has 4 aliphatic carbocycles. The summed E-state index contributed by atoms with van der Waals surface area (Å²) in [6.07, 6.45) is 15.1. The van der Waals surface area contributed by atoms with Gasteiger partial charge in [0.2, 0.25) is 0 Å². The zero-order chi connectivity index (χ0) is 27.8. The predicted octanol–water partition coefficient (Wildman–Crippen LogP) is 6.56. The quantitative estimate of drug-likeness (QED) is 0.233. The lowest BCUT2D eigenvalue weighted by Crippen LogP contribution is -2.51. The van der Waals surface area contributed by atoms with Gasteiger partial charge in [-0.3, -0.25) is 13.7 Å². The first-order valence-corrected chi connectivity index (χ1v) is 16.8. The van der Waals surface area contributed by atoms with E-state index in [1.54, 1.807) is 0 Å². The van der Waals surface area contributed by atoms with Crippen molar-refractivity contribution in [3.63, 3.8) is 0 Å². The predicted molar refractivity (Wildman–Crippen MR) is 144 cm³/mol. The molecule has 0 aliphatic heterocycles. The lowest BCUT2D eigenvalue weighted by atomic mass is 9.47. The fourth-order valence-electron chi connectivity index (χ4n) is 8.91. The van der Waals surface area contributed by atoms with Crippen LogP contribution in [0.25, 0.3) is 0 Å². The second kappa shape index (κ2) is 11.5. The SMILES string of the molecule is CC(C)CCC[C@@H](C)[C@H]1CC[C@H]2[C@@H]3CC=C4C[C@@H](OS(=O)(=O)O)CC[C@]4(C)[C@H]3CC[C@]12C.O=S(=O)(O)O. The van der Waals surface area contributed by atoms with E-state index in [-0.39, 0.29) is 5.41 Å². The van der Waals surface area contributed by atoms with E-state index in [9.17, 15) is 8.42 Å². The summed E-state index contributed by atoms with van der Waals surface area (Å²) in [6.45, 7) is 12.3. The third-order valence-electron chi connectivity index (χ3n) is 10.5. The molecule has 8 atom stereocenters. The Labute approximate surface area is 224 Å². The third-order valence-corrected chi connectivity index (χ3v) is 11.0. The molecule has 3 N–H and O–H groups in total. The van der Waals surface area contributed by atoms with Crippen LogP contribution in [0.2, 0.25) is 0 Å². The van der Waals surface area contributed by atoms with Crippen LogP contribution >= 0.6 is 0 Å². The monoisotopic (exact) mass is 564 g/mol. The van der Waals surface area contributed by atoms with Crippen molar-refractivity contribution >= 4 is 20.8 Å². The highest BCUT2D eigenvalue weighted by atomic mass is 32.3. The van der Waals surface area contributed by atoms with Crippen molar-refractivity contribution in [1.29, 1.82) is 0 Å². The van der Waals surface area contributed by atoms with Crippen LogP contribution in [-0.4, -0.2) is 36.6 Å². The molecule has 4 aliphatic rings. The number of fused-ring (bicyclic) bond motifs is 5. The van der Waals surface area contributed by atoms with Gasteiger partial charge in [-0.15, -0.1) is 0 Å². The lowest BCUT2D eigenvalue weighted by Gasteiger charge is -2.58. The first-order valence-electron chi connectivity index (χ1n) is 14.0. The molecule has 0 aromatic carbocycles. The van der Waals surface area contributed by atoms with Gasteiger partial charge in [-0.05, 0) is 97.7 Å². The Morgan fingerprint density at radius 3 is 2.19 bits per heavy atom. The van der Waals surface area contributed by atoms with E-state index in [0.29, 0.717) is 24.2 Å². The average molecular weight is 565 g/mol. The summed E-state index contributed by atoms with van der Waals surface area (Å²) in [5.74, 6) is 4.83. The van der Waals surface area contributed by atoms with Gasteiger partial charge in [0.1, 0.15) is 0 Å². The zero-order valence-corrected chi connectivity index (χ0v) is 24.7. The summed E-state index contributed by atoms with van der Waals surface area (Å²) >= 11 is 0. The molecule has 3 fully saturated rings. The average Bonchev–Trinajstić information content (AvgIpc) is 3.09. The molecule has 4 rings (SSSR count). The summed E-state index contributed by atoms with van der Waals surface area (Å²) < 4.78 is 68.1. The molecule has 10 heteroatoms. The van der Waals surface area contributed by atoms with Gasteiger partial charge in [0.25, 0.3) is 0 Å². The number of rotatable bonds is 7. The van der Waals surface area contributed by atoms with E-state index in [2.05, 4.69) is 40.7 Å². The van der Waals surface area contributed by atoms with Gasteiger partial charge in [0.05, 0.1) is 6.10 Å². The van der Waals surface area contributed by atoms with Crippen molar-refractivity contribution in [2.24, 2.45) is 46.3 Å². The molecule has 37 heavy (non-hydrogen) atoms. The van der Waals surface area contributed by atoms with Gasteiger partial charge in [0, 0.05) is 0 Å². The minimum atomic E-state index is -4.67. The van der Waals surface area contributed by atoms with Crippen LogP contribution in [0, 0.1) is 46.3 Å². The van der Waals surface area contributed by atoms with Gasteiger partial charge in [-0.2, -0.15) is 16.8 Å². The minimum Gasteiger partial charge on any atom is -0.264 e. The Balaban J connectivity index is 0.000000695. The molecular formula is C27H48O8S2. The number of hydrogen-bond donors (Lipinski definition) is 3. The van der Waals surface area contributed by atoms with Crippen molar-refractivity contribution < 1.29 is 34.7 Å². The van der Waals surface area contributed by atoms with Gasteiger partial charge in [0.15, 0.2) is 0 Å². The highest BCUT2D eigenvalue weighted by Gasteiger charge is 2.59. The first kappa shape index (κ1) is 31.0. The lowest BCUT2D eigenvalue weighted by molar-refractivity contribution is -0.0560. The van der Waals surface area contributed by atoms with Gasteiger partial charge in [-0.1, -0.05) is 65.5 Å². The van der Waals surface area contributed by atoms with Crippen molar-refractivity contribution in [1.82, 2.24) is 0 Å². The largest absolute Gasteiger partial charge is 0.397 e. The molecule has 0 radical (unpaired) electrons. The Kier molecular flexibility index (Phi) is 9.67. The van der Waals surface area contributed by atoms with Crippen LogP contribution in [0.15, 0.2) is 11.6 Å². The van der Waals surface area contributed by atoms with Crippen LogP contribution in [0.4, 0.5) is 0 Å². The summed E-state index contributed by atoms with van der Waals surface area (Å²) in [5, 5.41) is 0. The van der Waals surface area contributed by atoms with Crippen molar-refractivity contribution in [3.8, 4) is 0 Å². The molecule has 0 bridgehead atoms. The molecular weight excluding hydrogens is 516 g/mol. The maximum absolute atomic E-state index is 11.2. The first-order chi connectivity index (χ1) is 16.9. The topological polar surface area (TPSA) is 138 Å². The molecule has 0 saturated heterocycles. The molecule has 0 spiro atoms. The van der Waals surface area contributed by atoms with Crippen LogP contribution in [0.5, 0.6) is 0 Å². The summed E-state index contributed by atoms with van der Waals surface area (Å²) in [7, 11) is -9.04. The van der Waals surface area contributed by atoms with E-state index in [0.717, 1.165) is 42.4 Å². The van der Waals surface area contributed by atoms with Crippen molar-refractivity contribution in [3.05, 3.63) is 11.6 Å². The fourth-order valence-corrected chi connectivity index (χ4v) is 9.41. The molecule has 0 aromatic rings. The van der Waals surface area contributed by atoms with E-state index in [1.165, 1.54) is 50.5 Å². The Morgan fingerprint density at radius 1 is 0.946 bits per heavy atom. The smallest absolute Gasteiger partial charge is 0.264 e. The molecule has 8 nitrogen and oxygen atoms in total. The molecule has 216 valence electrons. The summed E-state index contributed by atoms with van der Waals surface area (Å²) in [6, 6.07) is 0. The molecule has 0 heterocycles. The number of hydrogen-bond acceptors (Lipinski definition) is 5. The zero-order valence-electron chi connectivity index (χ0n) is 23.1. The maximum Gasteiger partial charge on any atom is 0.397 e. The van der Waals surface area contributed by atoms with E-state index < -0.39 is 26.9 Å². The Hall–Kier alpha value is -0.520. The molecule has 0 unspecified atom stereocenters. The van der Waals surface area contributed by atoms with E-state index >= 15 is 0 Å². The molecule has 0 aromatic heterocycles. The highest BCUT2D eigenvalue weighted by Crippen LogP contribution is 2.67. The molecule has 3 saturated carbocycles. The van der Waals surface area contributed by atoms with E-state index in [4.69, 9.17) is 26.3 Å². The Morgan fingerprint density at radius 2 is 1.59 bits per heavy atom. The van der Waals surface area contributed by atoms with Crippen molar-refractivity contribution in [2.45, 2.75) is 111 Å². The van der Waals surface area contributed by atoms with E-state index in [1.807, 2.05) is 0 Å². The highest BCUT2D eigenvalue weighted by molar-refractivity contribution is 7.81. The maximum atomic E-state index is 11.2. The fraction of sp³-hybridized carbons (Fsp3) is 0.926. The second-order valence-corrected chi connectivity index (χ2v) is 15.1. The van der Waals surface area contributed by atoms with Crippen LogP contribution in [0.1, 0.15) is 105 Å². The molecule has 0 amide bonds. The summed E-state index contributed by atoms with van der Waals surface area (Å²) in [4.78, 5) is 0. The van der Waals surface area contributed by atoms with Crippen LogP contribution < -0.4 is 0 Å². The number of allylic oxidation sites excluding steroid dienone is 1. The summed E-state index contributed by atoms with van der Waals surface area (Å²) in [5.41, 5.74) is 2.05. The van der Waals surface area contributed by atoms with Crippen LogP contribution in [-0.2, 0) is 25.0 Å².